The van der Waals surface area contributed by atoms with E-state index in [1.165, 1.54) is 24.3 Å². The molecule has 2 amide bonds. The second-order valence-electron chi connectivity index (χ2n) is 8.94. The Hall–Kier alpha value is -3.85. The molecule has 0 radical (unpaired) electrons. The number of carbonyl (C=O) groups is 2. The van der Waals surface area contributed by atoms with Crippen molar-refractivity contribution in [1.82, 2.24) is 5.32 Å². The molecule has 8 nitrogen and oxygen atoms in total. The maximum Gasteiger partial charge on any atom is 0.261 e. The summed E-state index contributed by atoms with van der Waals surface area (Å²) in [6.07, 6.45) is 0. The Kier molecular flexibility index (Phi) is 7.81. The van der Waals surface area contributed by atoms with Crippen molar-refractivity contribution >= 4 is 38.9 Å². The quantitative estimate of drug-likeness (QED) is 0.362. The fourth-order valence-corrected chi connectivity index (χ4v) is 4.39. The van der Waals surface area contributed by atoms with Gasteiger partial charge in [-0.3, -0.25) is 14.3 Å². The van der Waals surface area contributed by atoms with Crippen molar-refractivity contribution in [3.05, 3.63) is 83.9 Å². The highest BCUT2D eigenvalue weighted by atomic mass is 32.2. The summed E-state index contributed by atoms with van der Waals surface area (Å²) < 4.78 is 28.4. The summed E-state index contributed by atoms with van der Waals surface area (Å²) in [7, 11) is -3.93. The first-order valence-electron chi connectivity index (χ1n) is 11.2. The SMILES string of the molecule is CCNc1ccccc1C(=O)Nc1cccc(S(=O)(=O)Nc2ccc(C(=O)NC(C)(C)C)cc2)c1. The zero-order chi connectivity index (χ0) is 25.6. The summed E-state index contributed by atoms with van der Waals surface area (Å²) >= 11 is 0. The number of benzene rings is 3. The molecule has 0 saturated carbocycles. The molecular weight excluding hydrogens is 464 g/mol. The van der Waals surface area contributed by atoms with Gasteiger partial charge in [-0.25, -0.2) is 8.42 Å². The molecule has 0 aromatic heterocycles. The minimum atomic E-state index is -3.93. The molecule has 0 bridgehead atoms. The lowest BCUT2D eigenvalue weighted by molar-refractivity contribution is 0.0919. The van der Waals surface area contributed by atoms with Crippen LogP contribution in [0, 0.1) is 0 Å². The highest BCUT2D eigenvalue weighted by Crippen LogP contribution is 2.22. The minimum Gasteiger partial charge on any atom is -0.385 e. The van der Waals surface area contributed by atoms with E-state index < -0.39 is 10.0 Å². The Morgan fingerprint density at radius 3 is 2.17 bits per heavy atom. The number of anilines is 3. The van der Waals surface area contributed by atoms with E-state index in [9.17, 15) is 18.0 Å². The van der Waals surface area contributed by atoms with Crippen LogP contribution in [0.4, 0.5) is 17.1 Å². The van der Waals surface area contributed by atoms with Gasteiger partial charge >= 0.3 is 0 Å². The standard InChI is InChI=1S/C26H30N4O4S/c1-5-27-23-12-7-6-11-22(23)25(32)28-20-9-8-10-21(17-20)35(33,34)30-19-15-13-18(14-16-19)24(31)29-26(2,3)4/h6-17,27,30H,5H2,1-4H3,(H,28,32)(H,29,31). The van der Waals surface area contributed by atoms with Crippen LogP contribution in [-0.2, 0) is 10.0 Å². The molecule has 3 rings (SSSR count). The van der Waals surface area contributed by atoms with Crippen LogP contribution in [0.25, 0.3) is 0 Å². The lowest BCUT2D eigenvalue weighted by atomic mass is 10.1. The molecule has 4 N–H and O–H groups in total. The smallest absolute Gasteiger partial charge is 0.261 e. The summed E-state index contributed by atoms with van der Waals surface area (Å²) in [4.78, 5) is 25.1. The van der Waals surface area contributed by atoms with Gasteiger partial charge in [0.1, 0.15) is 0 Å². The number of nitrogens with one attached hydrogen (secondary N) is 4. The average Bonchev–Trinajstić information content (AvgIpc) is 2.79. The van der Waals surface area contributed by atoms with Gasteiger partial charge in [-0.15, -0.1) is 0 Å². The summed E-state index contributed by atoms with van der Waals surface area (Å²) in [5, 5.41) is 8.75. The van der Waals surface area contributed by atoms with Crippen molar-refractivity contribution in [2.24, 2.45) is 0 Å². The van der Waals surface area contributed by atoms with Gasteiger partial charge in [-0.1, -0.05) is 18.2 Å². The van der Waals surface area contributed by atoms with Crippen molar-refractivity contribution in [1.29, 1.82) is 0 Å². The summed E-state index contributed by atoms with van der Waals surface area (Å²) in [6, 6.07) is 19.3. The molecule has 9 heteroatoms. The summed E-state index contributed by atoms with van der Waals surface area (Å²) in [5.41, 5.74) is 1.84. The zero-order valence-corrected chi connectivity index (χ0v) is 21.0. The van der Waals surface area contributed by atoms with Gasteiger partial charge in [0, 0.05) is 34.7 Å². The maximum absolute atomic E-state index is 12.9. The van der Waals surface area contributed by atoms with Crippen molar-refractivity contribution in [2.45, 2.75) is 38.1 Å². The predicted molar refractivity (Wildman–Crippen MR) is 139 cm³/mol. The van der Waals surface area contributed by atoms with Gasteiger partial charge in [0.25, 0.3) is 21.8 Å². The first-order valence-corrected chi connectivity index (χ1v) is 12.7. The van der Waals surface area contributed by atoms with Gasteiger partial charge < -0.3 is 16.0 Å². The Morgan fingerprint density at radius 2 is 1.51 bits per heavy atom. The van der Waals surface area contributed by atoms with Crippen LogP contribution in [0.5, 0.6) is 0 Å². The lowest BCUT2D eigenvalue weighted by Crippen LogP contribution is -2.40. The van der Waals surface area contributed by atoms with Crippen molar-refractivity contribution in [3.8, 4) is 0 Å². The molecule has 35 heavy (non-hydrogen) atoms. The summed E-state index contributed by atoms with van der Waals surface area (Å²) in [6.45, 7) is 8.23. The zero-order valence-electron chi connectivity index (χ0n) is 20.2. The lowest BCUT2D eigenvalue weighted by Gasteiger charge is -2.20. The van der Waals surface area contributed by atoms with Crippen LogP contribution in [0.15, 0.2) is 77.7 Å². The number of amides is 2. The van der Waals surface area contributed by atoms with Gasteiger partial charge in [-0.05, 0) is 82.3 Å². The highest BCUT2D eigenvalue weighted by molar-refractivity contribution is 7.92. The third-order valence-electron chi connectivity index (χ3n) is 4.83. The Balaban J connectivity index is 1.74. The molecule has 0 saturated heterocycles. The Bertz CT molecular complexity index is 1310. The number of para-hydroxylation sites is 1. The van der Waals surface area contributed by atoms with E-state index in [0.717, 1.165) is 0 Å². The number of sulfonamides is 1. The number of hydrogen-bond acceptors (Lipinski definition) is 5. The van der Waals surface area contributed by atoms with E-state index in [-0.39, 0.29) is 22.2 Å². The largest absolute Gasteiger partial charge is 0.385 e. The molecule has 0 aliphatic rings. The van der Waals surface area contributed by atoms with Crippen LogP contribution in [0.1, 0.15) is 48.4 Å². The molecule has 3 aromatic carbocycles. The highest BCUT2D eigenvalue weighted by Gasteiger charge is 2.18. The first kappa shape index (κ1) is 25.8. The molecule has 0 spiro atoms. The predicted octanol–water partition coefficient (Wildman–Crippen LogP) is 4.70. The second-order valence-corrected chi connectivity index (χ2v) is 10.6. The van der Waals surface area contributed by atoms with Gasteiger partial charge in [0.15, 0.2) is 0 Å². The number of carbonyl (C=O) groups excluding carboxylic acids is 2. The van der Waals surface area contributed by atoms with Crippen molar-refractivity contribution in [3.63, 3.8) is 0 Å². The molecule has 3 aromatic rings. The van der Waals surface area contributed by atoms with E-state index in [0.29, 0.717) is 34.7 Å². The molecule has 0 aliphatic heterocycles. The minimum absolute atomic E-state index is 0.00943. The normalized spacial score (nSPS) is 11.4. The van der Waals surface area contributed by atoms with Crippen LogP contribution in [-0.4, -0.2) is 32.3 Å². The van der Waals surface area contributed by atoms with Gasteiger partial charge in [-0.2, -0.15) is 0 Å². The van der Waals surface area contributed by atoms with Crippen LogP contribution >= 0.6 is 0 Å². The van der Waals surface area contributed by atoms with E-state index in [1.807, 2.05) is 33.8 Å². The van der Waals surface area contributed by atoms with Gasteiger partial charge in [0.2, 0.25) is 0 Å². The Morgan fingerprint density at radius 1 is 0.829 bits per heavy atom. The molecule has 0 unspecified atom stereocenters. The number of rotatable bonds is 8. The maximum atomic E-state index is 12.9. The molecular formula is C26H30N4O4S. The van der Waals surface area contributed by atoms with E-state index in [1.54, 1.807) is 42.5 Å². The van der Waals surface area contributed by atoms with Gasteiger partial charge in [0.05, 0.1) is 10.5 Å². The van der Waals surface area contributed by atoms with Crippen LogP contribution < -0.4 is 20.7 Å². The third kappa shape index (κ3) is 7.07. The monoisotopic (exact) mass is 494 g/mol. The first-order chi connectivity index (χ1) is 16.5. The van der Waals surface area contributed by atoms with E-state index in [4.69, 9.17) is 0 Å². The number of hydrogen-bond donors (Lipinski definition) is 4. The molecule has 0 fully saturated rings. The molecule has 0 heterocycles. The van der Waals surface area contributed by atoms with Crippen molar-refractivity contribution in [2.75, 3.05) is 21.9 Å². The fraction of sp³-hybridized carbons (Fsp3) is 0.231. The average molecular weight is 495 g/mol. The third-order valence-corrected chi connectivity index (χ3v) is 6.21. The van der Waals surface area contributed by atoms with Crippen LogP contribution in [0.2, 0.25) is 0 Å². The summed E-state index contributed by atoms with van der Waals surface area (Å²) in [5.74, 6) is -0.598. The second kappa shape index (κ2) is 10.6. The van der Waals surface area contributed by atoms with Crippen molar-refractivity contribution < 1.29 is 18.0 Å². The van der Waals surface area contributed by atoms with E-state index in [2.05, 4.69) is 20.7 Å². The fourth-order valence-electron chi connectivity index (χ4n) is 3.28. The van der Waals surface area contributed by atoms with E-state index >= 15 is 0 Å². The topological polar surface area (TPSA) is 116 Å². The molecule has 0 atom stereocenters. The van der Waals surface area contributed by atoms with Crippen LogP contribution in [0.3, 0.4) is 0 Å². The molecule has 184 valence electrons. The Labute approximate surface area is 206 Å². The molecule has 0 aliphatic carbocycles.